The van der Waals surface area contributed by atoms with Gasteiger partial charge in [0.25, 0.3) is 0 Å². The van der Waals surface area contributed by atoms with E-state index in [1.807, 2.05) is 0 Å². The average molecular weight is 300 g/mol. The van der Waals surface area contributed by atoms with E-state index in [1.54, 1.807) is 0 Å². The van der Waals surface area contributed by atoms with Crippen LogP contribution in [0.5, 0.6) is 11.5 Å². The van der Waals surface area contributed by atoms with E-state index in [-0.39, 0.29) is 10.2 Å². The molecule has 1 aromatic rings. The van der Waals surface area contributed by atoms with Crippen molar-refractivity contribution < 1.29 is 22.6 Å². The predicted molar refractivity (Wildman–Crippen MR) is 55.4 cm³/mol. The Labute approximate surface area is 98.5 Å². The van der Waals surface area contributed by atoms with Crippen LogP contribution in [0.15, 0.2) is 22.7 Å². The Hall–Kier alpha value is -0.950. The van der Waals surface area contributed by atoms with Crippen LogP contribution in [0, 0.1) is 0 Å². The van der Waals surface area contributed by atoms with Crippen LogP contribution in [0.1, 0.15) is 0 Å². The van der Waals surface area contributed by atoms with Crippen LogP contribution in [0.4, 0.5) is 13.2 Å². The van der Waals surface area contributed by atoms with E-state index in [1.165, 1.54) is 18.2 Å². The summed E-state index contributed by atoms with van der Waals surface area (Å²) >= 11 is 2.96. The Morgan fingerprint density at radius 2 is 2.00 bits per heavy atom. The number of halogens is 4. The van der Waals surface area contributed by atoms with E-state index >= 15 is 0 Å². The molecular formula is C9H9BrF3NO2. The molecule has 0 atom stereocenters. The molecule has 0 radical (unpaired) electrons. The van der Waals surface area contributed by atoms with Gasteiger partial charge in [0.05, 0.1) is 4.47 Å². The number of ether oxygens (including phenoxy) is 2. The number of rotatable bonds is 4. The van der Waals surface area contributed by atoms with Crippen LogP contribution >= 0.6 is 15.9 Å². The zero-order valence-electron chi connectivity index (χ0n) is 8.05. The summed E-state index contributed by atoms with van der Waals surface area (Å²) in [7, 11) is 0. The lowest BCUT2D eigenvalue weighted by atomic mass is 10.3. The minimum absolute atomic E-state index is 0.166. The fraction of sp³-hybridized carbons (Fsp3) is 0.333. The number of nitrogens with two attached hydrogens (primary N) is 1. The summed E-state index contributed by atoms with van der Waals surface area (Å²) < 4.78 is 44.9. The molecule has 0 heterocycles. The summed E-state index contributed by atoms with van der Waals surface area (Å²) in [5.41, 5.74) is 5.22. The van der Waals surface area contributed by atoms with Gasteiger partial charge in [-0.1, -0.05) is 0 Å². The van der Waals surface area contributed by atoms with Crippen LogP contribution in [0.2, 0.25) is 0 Å². The third-order valence-corrected chi connectivity index (χ3v) is 2.14. The third kappa shape index (κ3) is 4.28. The Morgan fingerprint density at radius 1 is 1.31 bits per heavy atom. The fourth-order valence-electron chi connectivity index (χ4n) is 0.956. The molecule has 1 rings (SSSR count). The number of hydrogen-bond donors (Lipinski definition) is 1. The van der Waals surface area contributed by atoms with Gasteiger partial charge >= 0.3 is 6.36 Å². The minimum atomic E-state index is -4.71. The molecule has 90 valence electrons. The van der Waals surface area contributed by atoms with Gasteiger partial charge in [-0.15, -0.1) is 13.2 Å². The standard InChI is InChI=1S/C9H9BrF3NO2/c10-7-5-6(15-4-3-14)1-2-8(7)16-9(11,12)13/h1-2,5H,3-4,14H2. The molecule has 0 aliphatic carbocycles. The highest BCUT2D eigenvalue weighted by Crippen LogP contribution is 2.33. The lowest BCUT2D eigenvalue weighted by molar-refractivity contribution is -0.274. The van der Waals surface area contributed by atoms with Crippen molar-refractivity contribution in [2.45, 2.75) is 6.36 Å². The SMILES string of the molecule is NCCOc1ccc(OC(F)(F)F)c(Br)c1. The van der Waals surface area contributed by atoms with Crippen LogP contribution < -0.4 is 15.2 Å². The van der Waals surface area contributed by atoms with E-state index < -0.39 is 6.36 Å². The van der Waals surface area contributed by atoms with Gasteiger partial charge in [0.15, 0.2) is 0 Å². The second kappa shape index (κ2) is 5.40. The summed E-state index contributed by atoms with van der Waals surface area (Å²) in [5.74, 6) is 0.111. The van der Waals surface area contributed by atoms with Crippen molar-refractivity contribution in [3.05, 3.63) is 22.7 Å². The zero-order chi connectivity index (χ0) is 12.2. The summed E-state index contributed by atoms with van der Waals surface area (Å²) in [6, 6.07) is 3.93. The first-order valence-electron chi connectivity index (χ1n) is 4.30. The zero-order valence-corrected chi connectivity index (χ0v) is 9.64. The molecule has 0 spiro atoms. The first-order valence-corrected chi connectivity index (χ1v) is 5.10. The predicted octanol–water partition coefficient (Wildman–Crippen LogP) is 2.69. The Morgan fingerprint density at radius 3 is 2.50 bits per heavy atom. The quantitative estimate of drug-likeness (QED) is 0.930. The van der Waals surface area contributed by atoms with Crippen molar-refractivity contribution in [3.63, 3.8) is 0 Å². The second-order valence-corrected chi connectivity index (χ2v) is 3.63. The number of hydrogen-bond acceptors (Lipinski definition) is 3. The molecule has 0 bridgehead atoms. The van der Waals surface area contributed by atoms with Crippen molar-refractivity contribution in [1.29, 1.82) is 0 Å². The summed E-state index contributed by atoms with van der Waals surface area (Å²) in [4.78, 5) is 0. The highest BCUT2D eigenvalue weighted by Gasteiger charge is 2.31. The molecule has 0 aliphatic rings. The van der Waals surface area contributed by atoms with Crippen molar-refractivity contribution in [1.82, 2.24) is 0 Å². The third-order valence-electron chi connectivity index (χ3n) is 1.52. The average Bonchev–Trinajstić information content (AvgIpc) is 2.17. The van der Waals surface area contributed by atoms with Crippen LogP contribution in [-0.2, 0) is 0 Å². The van der Waals surface area contributed by atoms with E-state index in [4.69, 9.17) is 10.5 Å². The molecule has 0 saturated heterocycles. The van der Waals surface area contributed by atoms with Gasteiger partial charge in [0.2, 0.25) is 0 Å². The second-order valence-electron chi connectivity index (χ2n) is 2.78. The number of benzene rings is 1. The van der Waals surface area contributed by atoms with Crippen LogP contribution in [0.25, 0.3) is 0 Å². The molecule has 3 nitrogen and oxygen atoms in total. The molecule has 7 heteroatoms. The minimum Gasteiger partial charge on any atom is -0.492 e. The topological polar surface area (TPSA) is 44.5 Å². The van der Waals surface area contributed by atoms with Gasteiger partial charge < -0.3 is 15.2 Å². The molecule has 0 aliphatic heterocycles. The smallest absolute Gasteiger partial charge is 0.492 e. The monoisotopic (exact) mass is 299 g/mol. The van der Waals surface area contributed by atoms with Crippen LogP contribution in [-0.4, -0.2) is 19.5 Å². The molecule has 0 saturated carbocycles. The van der Waals surface area contributed by atoms with Crippen molar-refractivity contribution in [2.75, 3.05) is 13.2 Å². The largest absolute Gasteiger partial charge is 0.573 e. The Balaban J connectivity index is 2.75. The molecule has 2 N–H and O–H groups in total. The van der Waals surface area contributed by atoms with Gasteiger partial charge in [0.1, 0.15) is 18.1 Å². The van der Waals surface area contributed by atoms with Gasteiger partial charge in [-0.3, -0.25) is 0 Å². The first-order chi connectivity index (χ1) is 7.42. The first kappa shape index (κ1) is 13.1. The highest BCUT2D eigenvalue weighted by molar-refractivity contribution is 9.10. The maximum atomic E-state index is 11.9. The fourth-order valence-corrected chi connectivity index (χ4v) is 1.39. The van der Waals surface area contributed by atoms with E-state index in [0.717, 1.165) is 0 Å². The highest BCUT2D eigenvalue weighted by atomic mass is 79.9. The van der Waals surface area contributed by atoms with Crippen molar-refractivity contribution in [2.24, 2.45) is 5.73 Å². The van der Waals surface area contributed by atoms with Gasteiger partial charge in [-0.2, -0.15) is 0 Å². The molecule has 0 unspecified atom stereocenters. The van der Waals surface area contributed by atoms with Gasteiger partial charge in [-0.25, -0.2) is 0 Å². The maximum absolute atomic E-state index is 11.9. The molecular weight excluding hydrogens is 291 g/mol. The number of alkyl halides is 3. The lowest BCUT2D eigenvalue weighted by Crippen LogP contribution is -2.17. The van der Waals surface area contributed by atoms with Gasteiger partial charge in [-0.05, 0) is 34.1 Å². The molecule has 0 aromatic heterocycles. The maximum Gasteiger partial charge on any atom is 0.573 e. The Bertz CT molecular complexity index is 357. The Kier molecular flexibility index (Phi) is 4.43. The van der Waals surface area contributed by atoms with E-state index in [2.05, 4.69) is 20.7 Å². The van der Waals surface area contributed by atoms with Crippen molar-refractivity contribution in [3.8, 4) is 11.5 Å². The molecule has 0 fully saturated rings. The van der Waals surface area contributed by atoms with Crippen molar-refractivity contribution >= 4 is 15.9 Å². The lowest BCUT2D eigenvalue weighted by Gasteiger charge is -2.11. The molecule has 16 heavy (non-hydrogen) atoms. The summed E-state index contributed by atoms with van der Waals surface area (Å²) in [5, 5.41) is 0. The summed E-state index contributed by atoms with van der Waals surface area (Å²) in [6.07, 6.45) is -4.71. The molecule has 0 amide bonds. The molecule has 1 aromatic carbocycles. The van der Waals surface area contributed by atoms with E-state index in [0.29, 0.717) is 18.9 Å². The van der Waals surface area contributed by atoms with Crippen LogP contribution in [0.3, 0.4) is 0 Å². The summed E-state index contributed by atoms with van der Waals surface area (Å²) in [6.45, 7) is 0.629. The normalized spacial score (nSPS) is 11.3. The van der Waals surface area contributed by atoms with E-state index in [9.17, 15) is 13.2 Å². The van der Waals surface area contributed by atoms with Gasteiger partial charge in [0, 0.05) is 6.54 Å².